The van der Waals surface area contributed by atoms with E-state index in [9.17, 15) is 0 Å². The summed E-state index contributed by atoms with van der Waals surface area (Å²) in [6, 6.07) is 2.05. The molecular formula is C11H14N4OS2. The molecule has 0 aromatic carbocycles. The average Bonchev–Trinajstić information content (AvgIpc) is 2.78. The van der Waals surface area contributed by atoms with E-state index in [0.717, 1.165) is 34.2 Å². The SMILES string of the molecule is Cc1cc2c(NN)nc(C3CSCCO3)nc2s1. The zero-order valence-electron chi connectivity index (χ0n) is 9.97. The third kappa shape index (κ3) is 2.18. The first-order valence-electron chi connectivity index (χ1n) is 5.72. The van der Waals surface area contributed by atoms with Crippen molar-refractivity contribution in [3.05, 3.63) is 16.8 Å². The smallest absolute Gasteiger partial charge is 0.162 e. The van der Waals surface area contributed by atoms with Crippen molar-refractivity contribution < 1.29 is 4.74 Å². The summed E-state index contributed by atoms with van der Waals surface area (Å²) >= 11 is 3.52. The first kappa shape index (κ1) is 12.2. The van der Waals surface area contributed by atoms with Crippen molar-refractivity contribution in [3.8, 4) is 0 Å². The lowest BCUT2D eigenvalue weighted by Crippen LogP contribution is -2.19. The van der Waals surface area contributed by atoms with Crippen molar-refractivity contribution in [2.45, 2.75) is 13.0 Å². The molecule has 3 rings (SSSR count). The fraction of sp³-hybridized carbons (Fsp3) is 0.455. The van der Waals surface area contributed by atoms with Gasteiger partial charge in [0, 0.05) is 16.4 Å². The van der Waals surface area contributed by atoms with Gasteiger partial charge in [0.15, 0.2) is 11.6 Å². The number of aryl methyl sites for hydroxylation is 1. The van der Waals surface area contributed by atoms with Crippen LogP contribution < -0.4 is 11.3 Å². The van der Waals surface area contributed by atoms with E-state index in [4.69, 9.17) is 10.6 Å². The van der Waals surface area contributed by atoms with Crippen molar-refractivity contribution >= 4 is 39.1 Å². The van der Waals surface area contributed by atoms with E-state index in [1.165, 1.54) is 4.88 Å². The third-order valence-electron chi connectivity index (χ3n) is 2.77. The number of hydrogen-bond acceptors (Lipinski definition) is 7. The number of nitrogens with zero attached hydrogens (tertiary/aromatic N) is 2. The van der Waals surface area contributed by atoms with Gasteiger partial charge in [0.05, 0.1) is 12.0 Å². The van der Waals surface area contributed by atoms with E-state index in [0.29, 0.717) is 5.82 Å². The molecule has 0 bridgehead atoms. The van der Waals surface area contributed by atoms with E-state index in [1.807, 2.05) is 11.8 Å². The third-order valence-corrected chi connectivity index (χ3v) is 4.71. The first-order chi connectivity index (χ1) is 8.78. The normalized spacial score (nSPS) is 20.2. The van der Waals surface area contributed by atoms with E-state index in [-0.39, 0.29) is 6.10 Å². The highest BCUT2D eigenvalue weighted by Gasteiger charge is 2.21. The van der Waals surface area contributed by atoms with Gasteiger partial charge in [-0.2, -0.15) is 11.8 Å². The molecule has 1 fully saturated rings. The molecule has 0 amide bonds. The fourth-order valence-electron chi connectivity index (χ4n) is 1.95. The van der Waals surface area contributed by atoms with Gasteiger partial charge < -0.3 is 10.2 Å². The summed E-state index contributed by atoms with van der Waals surface area (Å²) in [4.78, 5) is 11.2. The van der Waals surface area contributed by atoms with Crippen LogP contribution in [0, 0.1) is 6.92 Å². The zero-order valence-corrected chi connectivity index (χ0v) is 11.6. The number of nitrogens with one attached hydrogen (secondary N) is 1. The summed E-state index contributed by atoms with van der Waals surface area (Å²) in [7, 11) is 0. The molecule has 1 atom stereocenters. The topological polar surface area (TPSA) is 73.1 Å². The maximum Gasteiger partial charge on any atom is 0.162 e. The van der Waals surface area contributed by atoms with Crippen molar-refractivity contribution in [2.75, 3.05) is 23.5 Å². The lowest BCUT2D eigenvalue weighted by atomic mass is 10.3. The quantitative estimate of drug-likeness (QED) is 0.649. The van der Waals surface area contributed by atoms with Crippen LogP contribution in [0.1, 0.15) is 16.8 Å². The average molecular weight is 282 g/mol. The standard InChI is InChI=1S/C11H14N4OS2/c1-6-4-7-9(15-12)13-10(14-11(7)18-6)8-5-17-3-2-16-8/h4,8H,2-3,5,12H2,1H3,(H,13,14,15). The maximum atomic E-state index is 5.71. The molecule has 3 heterocycles. The van der Waals surface area contributed by atoms with Gasteiger partial charge >= 0.3 is 0 Å². The highest BCUT2D eigenvalue weighted by Crippen LogP contribution is 2.31. The molecule has 0 spiro atoms. The predicted molar refractivity (Wildman–Crippen MR) is 76.0 cm³/mol. The van der Waals surface area contributed by atoms with Crippen molar-refractivity contribution in [2.24, 2.45) is 5.84 Å². The number of anilines is 1. The van der Waals surface area contributed by atoms with Crippen LogP contribution >= 0.6 is 23.1 Å². The summed E-state index contributed by atoms with van der Waals surface area (Å²) in [6.45, 7) is 2.81. The van der Waals surface area contributed by atoms with Crippen LogP contribution in [0.2, 0.25) is 0 Å². The number of nitrogens with two attached hydrogens (primary N) is 1. The number of thiophene rings is 1. The molecule has 2 aromatic heterocycles. The fourth-order valence-corrected chi connectivity index (χ4v) is 3.68. The Kier molecular flexibility index (Phi) is 3.38. The molecule has 1 unspecified atom stereocenters. The number of thioether (sulfide) groups is 1. The van der Waals surface area contributed by atoms with Crippen LogP contribution in [0.5, 0.6) is 0 Å². The maximum absolute atomic E-state index is 5.71. The Morgan fingerprint density at radius 3 is 3.11 bits per heavy atom. The van der Waals surface area contributed by atoms with Crippen molar-refractivity contribution in [1.29, 1.82) is 0 Å². The summed E-state index contributed by atoms with van der Waals surface area (Å²) in [6.07, 6.45) is -0.0253. The molecule has 3 N–H and O–H groups in total. The van der Waals surface area contributed by atoms with Crippen molar-refractivity contribution in [3.63, 3.8) is 0 Å². The Morgan fingerprint density at radius 1 is 1.50 bits per heavy atom. The van der Waals surface area contributed by atoms with Gasteiger partial charge in [-0.3, -0.25) is 0 Å². The Labute approximate surface area is 113 Å². The van der Waals surface area contributed by atoms with Crippen LogP contribution in [-0.2, 0) is 4.74 Å². The van der Waals surface area contributed by atoms with E-state index in [1.54, 1.807) is 11.3 Å². The summed E-state index contributed by atoms with van der Waals surface area (Å²) in [5.74, 6) is 8.89. The van der Waals surface area contributed by atoms with Gasteiger partial charge in [-0.05, 0) is 13.0 Å². The summed E-state index contributed by atoms with van der Waals surface area (Å²) in [5, 5.41) is 0.979. The van der Waals surface area contributed by atoms with Gasteiger partial charge in [-0.1, -0.05) is 0 Å². The molecule has 0 aliphatic carbocycles. The lowest BCUT2D eigenvalue weighted by Gasteiger charge is -2.21. The molecule has 0 saturated carbocycles. The first-order valence-corrected chi connectivity index (χ1v) is 7.69. The Hall–Kier alpha value is -0.890. The number of nitrogen functional groups attached to an aromatic ring is 1. The highest BCUT2D eigenvalue weighted by atomic mass is 32.2. The van der Waals surface area contributed by atoms with Crippen LogP contribution in [0.3, 0.4) is 0 Å². The second kappa shape index (κ2) is 5.00. The number of aromatic nitrogens is 2. The molecule has 1 saturated heterocycles. The van der Waals surface area contributed by atoms with Crippen molar-refractivity contribution in [1.82, 2.24) is 9.97 Å². The minimum atomic E-state index is -0.0253. The highest BCUT2D eigenvalue weighted by molar-refractivity contribution is 7.99. The molecule has 2 aromatic rings. The molecule has 96 valence electrons. The number of hydrazine groups is 1. The van der Waals surface area contributed by atoms with E-state index < -0.39 is 0 Å². The van der Waals surface area contributed by atoms with Gasteiger partial charge in [-0.15, -0.1) is 11.3 Å². The van der Waals surface area contributed by atoms with Crippen LogP contribution in [-0.4, -0.2) is 28.1 Å². The second-order valence-corrected chi connectivity index (χ2v) is 6.47. The Bertz CT molecular complexity index is 565. The zero-order chi connectivity index (χ0) is 12.5. The Morgan fingerprint density at radius 2 is 2.39 bits per heavy atom. The minimum absolute atomic E-state index is 0.0253. The number of rotatable bonds is 2. The molecule has 1 aliphatic rings. The van der Waals surface area contributed by atoms with E-state index in [2.05, 4.69) is 28.4 Å². The largest absolute Gasteiger partial charge is 0.368 e. The van der Waals surface area contributed by atoms with E-state index >= 15 is 0 Å². The van der Waals surface area contributed by atoms with Gasteiger partial charge in [-0.25, -0.2) is 15.8 Å². The molecule has 18 heavy (non-hydrogen) atoms. The van der Waals surface area contributed by atoms with Gasteiger partial charge in [0.2, 0.25) is 0 Å². The number of ether oxygens (including phenoxy) is 1. The Balaban J connectivity index is 2.06. The molecule has 1 aliphatic heterocycles. The molecule has 5 nitrogen and oxygen atoms in total. The second-order valence-electron chi connectivity index (χ2n) is 4.08. The number of hydrogen-bond donors (Lipinski definition) is 2. The summed E-state index contributed by atoms with van der Waals surface area (Å²) in [5.41, 5.74) is 2.66. The van der Waals surface area contributed by atoms with Crippen LogP contribution in [0.4, 0.5) is 5.82 Å². The van der Waals surface area contributed by atoms with Crippen LogP contribution in [0.25, 0.3) is 10.2 Å². The molecule has 7 heteroatoms. The monoisotopic (exact) mass is 282 g/mol. The minimum Gasteiger partial charge on any atom is -0.368 e. The number of fused-ring (bicyclic) bond motifs is 1. The predicted octanol–water partition coefficient (Wildman–Crippen LogP) is 2.09. The molecular weight excluding hydrogens is 268 g/mol. The van der Waals surface area contributed by atoms with Gasteiger partial charge in [0.1, 0.15) is 10.9 Å². The van der Waals surface area contributed by atoms with Gasteiger partial charge in [0.25, 0.3) is 0 Å². The molecule has 0 radical (unpaired) electrons. The van der Waals surface area contributed by atoms with Crippen LogP contribution in [0.15, 0.2) is 6.07 Å². The lowest BCUT2D eigenvalue weighted by molar-refractivity contribution is 0.0698. The summed E-state index contributed by atoms with van der Waals surface area (Å²) < 4.78 is 5.71.